The maximum Gasteiger partial charge on any atom is 1.00 e. The first-order valence-corrected chi connectivity index (χ1v) is 11.4. The summed E-state index contributed by atoms with van der Waals surface area (Å²) in [5.74, 6) is -0.855. The molecule has 2 aromatic heterocycles. The summed E-state index contributed by atoms with van der Waals surface area (Å²) >= 11 is 7.62. The maximum atomic E-state index is 13.2. The number of pyridine rings is 2. The number of thioether (sulfide) groups is 1. The smallest absolute Gasteiger partial charge is 0.548 e. The van der Waals surface area contributed by atoms with Crippen molar-refractivity contribution in [1.82, 2.24) is 9.55 Å². The Morgan fingerprint density at radius 1 is 1.33 bits per heavy atom. The van der Waals surface area contributed by atoms with Gasteiger partial charge in [0.2, 0.25) is 0 Å². The number of carbonyl (C=O) groups is 1. The van der Waals surface area contributed by atoms with Crippen molar-refractivity contribution < 1.29 is 53.0 Å². The van der Waals surface area contributed by atoms with Crippen molar-refractivity contribution in [3.8, 4) is 0 Å². The number of hydrogen-bond donors (Lipinski definition) is 0. The van der Waals surface area contributed by atoms with Gasteiger partial charge in [-0.15, -0.1) is 11.8 Å². The fourth-order valence-corrected chi connectivity index (χ4v) is 5.10. The van der Waals surface area contributed by atoms with Gasteiger partial charge >= 0.3 is 36.2 Å². The van der Waals surface area contributed by atoms with E-state index < -0.39 is 25.2 Å². The van der Waals surface area contributed by atoms with Crippen LogP contribution in [0.1, 0.15) is 12.8 Å². The minimum atomic E-state index is -2.81. The minimum Gasteiger partial charge on any atom is -0.548 e. The van der Waals surface area contributed by atoms with Gasteiger partial charge in [0.1, 0.15) is 11.5 Å². The van der Waals surface area contributed by atoms with Crippen molar-refractivity contribution in [2.45, 2.75) is 43.0 Å². The van der Waals surface area contributed by atoms with Gasteiger partial charge in [-0.1, -0.05) is 11.6 Å². The summed E-state index contributed by atoms with van der Waals surface area (Å²) in [6, 6.07) is 6.37. The average molecular weight is 506 g/mol. The Labute approximate surface area is 219 Å². The SMILES string of the molecule is CSc1c(Cl)ccc2c(=O)c3ccc(N(C)C4CC(OC(F)F)C4)nc3n(CC(=O)[O-])c12.[Na+]. The predicted octanol–water partition coefficient (Wildman–Crippen LogP) is -0.115. The van der Waals surface area contributed by atoms with E-state index in [1.54, 1.807) is 37.6 Å². The number of nitrogens with zero attached hydrogens (tertiary/aromatic N) is 3. The van der Waals surface area contributed by atoms with E-state index >= 15 is 0 Å². The first-order chi connectivity index (χ1) is 15.2. The van der Waals surface area contributed by atoms with Crippen molar-refractivity contribution in [3.05, 3.63) is 39.5 Å². The molecule has 12 heteroatoms. The number of ether oxygens (including phenoxy) is 1. The topological polar surface area (TPSA) is 87.5 Å². The van der Waals surface area contributed by atoms with E-state index in [4.69, 9.17) is 11.6 Å². The molecule has 0 unspecified atom stereocenters. The number of hydrogen-bond acceptors (Lipinski definition) is 7. The fourth-order valence-electron chi connectivity index (χ4n) is 4.04. The monoisotopic (exact) mass is 505 g/mol. The Balaban J connectivity index is 0.00000306. The number of halogens is 3. The van der Waals surface area contributed by atoms with Gasteiger partial charge in [-0.3, -0.25) is 4.79 Å². The second kappa shape index (κ2) is 10.5. The molecule has 0 radical (unpaired) electrons. The van der Waals surface area contributed by atoms with Gasteiger partial charge in [0.25, 0.3) is 0 Å². The van der Waals surface area contributed by atoms with Crippen molar-refractivity contribution >= 4 is 57.1 Å². The van der Waals surface area contributed by atoms with Crippen molar-refractivity contribution in [3.63, 3.8) is 0 Å². The molecule has 0 N–H and O–H groups in total. The molecule has 0 bridgehead atoms. The molecule has 0 aliphatic heterocycles. The van der Waals surface area contributed by atoms with E-state index in [1.807, 2.05) is 4.90 Å². The predicted molar refractivity (Wildman–Crippen MR) is 118 cm³/mol. The number of benzene rings is 1. The number of aliphatic carboxylic acids is 1. The number of fused-ring (bicyclic) bond motifs is 2. The minimum absolute atomic E-state index is 0. The molecule has 170 valence electrons. The van der Waals surface area contributed by atoms with E-state index in [-0.39, 0.29) is 52.1 Å². The molecule has 3 aromatic rings. The molecule has 33 heavy (non-hydrogen) atoms. The van der Waals surface area contributed by atoms with Gasteiger partial charge in [-0.2, -0.15) is 8.78 Å². The molecular formula is C21H19ClF2N3NaO4S. The number of alkyl halides is 2. The van der Waals surface area contributed by atoms with Crippen LogP contribution in [-0.4, -0.2) is 47.6 Å². The molecule has 1 aliphatic carbocycles. The zero-order chi connectivity index (χ0) is 23.2. The van der Waals surface area contributed by atoms with Gasteiger partial charge in [-0.25, -0.2) is 4.98 Å². The zero-order valence-corrected chi connectivity index (χ0v) is 21.8. The third-order valence-corrected chi connectivity index (χ3v) is 6.97. The number of anilines is 1. The third-order valence-electron chi connectivity index (χ3n) is 5.72. The second-order valence-corrected chi connectivity index (χ2v) is 8.78. The summed E-state index contributed by atoms with van der Waals surface area (Å²) in [7, 11) is 1.77. The molecule has 0 saturated heterocycles. The molecule has 2 heterocycles. The van der Waals surface area contributed by atoms with Crippen LogP contribution in [0.5, 0.6) is 0 Å². The summed E-state index contributed by atoms with van der Waals surface area (Å²) in [6.45, 7) is -3.33. The van der Waals surface area contributed by atoms with Gasteiger partial charge in [-0.05, 0) is 43.4 Å². The van der Waals surface area contributed by atoms with Gasteiger partial charge in [0.15, 0.2) is 5.43 Å². The number of aromatic nitrogens is 2. The van der Waals surface area contributed by atoms with Crippen molar-refractivity contribution in [1.29, 1.82) is 0 Å². The molecule has 1 saturated carbocycles. The molecule has 0 spiro atoms. The average Bonchev–Trinajstić information content (AvgIpc) is 2.72. The van der Waals surface area contributed by atoms with Gasteiger partial charge < -0.3 is 24.1 Å². The molecule has 1 aliphatic rings. The first-order valence-electron chi connectivity index (χ1n) is 9.77. The maximum absolute atomic E-state index is 13.2. The molecule has 1 aromatic carbocycles. The summed E-state index contributed by atoms with van der Waals surface area (Å²) in [6.07, 6.45) is 2.09. The van der Waals surface area contributed by atoms with Crippen LogP contribution >= 0.6 is 23.4 Å². The van der Waals surface area contributed by atoms with Crippen LogP contribution in [0, 0.1) is 0 Å². The van der Waals surface area contributed by atoms with Crippen molar-refractivity contribution in [2.75, 3.05) is 18.2 Å². The molecule has 7 nitrogen and oxygen atoms in total. The van der Waals surface area contributed by atoms with Gasteiger partial charge in [0.05, 0.1) is 39.4 Å². The van der Waals surface area contributed by atoms with Crippen LogP contribution in [0.2, 0.25) is 5.02 Å². The number of carbonyl (C=O) groups excluding carboxylic acids is 1. The Kier molecular flexibility index (Phi) is 8.29. The molecule has 0 amide bonds. The second-order valence-electron chi connectivity index (χ2n) is 7.56. The largest absolute Gasteiger partial charge is 1.00 e. The first kappa shape index (κ1) is 26.2. The van der Waals surface area contributed by atoms with E-state index in [2.05, 4.69) is 9.72 Å². The summed E-state index contributed by atoms with van der Waals surface area (Å²) in [4.78, 5) is 31.7. The van der Waals surface area contributed by atoms with E-state index in [0.717, 1.165) is 0 Å². The Morgan fingerprint density at radius 3 is 2.61 bits per heavy atom. The van der Waals surface area contributed by atoms with Crippen LogP contribution in [-0.2, 0) is 16.1 Å². The molecular weight excluding hydrogens is 487 g/mol. The third kappa shape index (κ3) is 5.01. The number of carboxylic acid groups (broad SMARTS) is 1. The Hall–Kier alpha value is -1.43. The Bertz CT molecular complexity index is 1270. The quantitative estimate of drug-likeness (QED) is 0.251. The Morgan fingerprint density at radius 2 is 2.00 bits per heavy atom. The van der Waals surface area contributed by atoms with E-state index in [0.29, 0.717) is 39.5 Å². The number of rotatable bonds is 7. The van der Waals surface area contributed by atoms with E-state index in [1.165, 1.54) is 16.3 Å². The summed E-state index contributed by atoms with van der Waals surface area (Å²) in [5.41, 5.74) is 0.286. The summed E-state index contributed by atoms with van der Waals surface area (Å²) in [5, 5.41) is 12.6. The zero-order valence-electron chi connectivity index (χ0n) is 18.2. The van der Waals surface area contributed by atoms with Crippen LogP contribution in [0.25, 0.3) is 21.9 Å². The summed E-state index contributed by atoms with van der Waals surface area (Å²) < 4.78 is 30.7. The van der Waals surface area contributed by atoms with Crippen LogP contribution in [0.4, 0.5) is 14.6 Å². The molecule has 4 rings (SSSR count). The standard InChI is InChI=1S/C21H20ClF2N3O4S.Na/c1-26(10-7-11(8-10)31-21(23)24)15-6-4-13-18(30)12-3-5-14(22)19(32-2)17(12)27(9-16(28)29)20(13)25-15;/h3-6,10-11,21H,7-9H2,1-2H3,(H,28,29);/q;+1/p-1. The van der Waals surface area contributed by atoms with Crippen molar-refractivity contribution in [2.24, 2.45) is 0 Å². The van der Waals surface area contributed by atoms with Gasteiger partial charge in [0, 0.05) is 18.5 Å². The van der Waals surface area contributed by atoms with E-state index in [9.17, 15) is 23.5 Å². The van der Waals surface area contributed by atoms with Crippen LogP contribution in [0.15, 0.2) is 34.0 Å². The number of carboxylic acids is 1. The molecule has 1 fully saturated rings. The fraction of sp³-hybridized carbons (Fsp3) is 0.381. The molecule has 0 atom stereocenters. The normalized spacial score (nSPS) is 17.8. The van der Waals surface area contributed by atoms with Crippen LogP contribution in [0.3, 0.4) is 0 Å². The van der Waals surface area contributed by atoms with Crippen LogP contribution < -0.4 is 45.0 Å².